The largest absolute Gasteiger partial charge is 0.338 e. The van der Waals surface area contributed by atoms with Crippen LogP contribution in [0.4, 0.5) is 0 Å². The van der Waals surface area contributed by atoms with Gasteiger partial charge < -0.3 is 9.84 Å². The molecule has 4 nitrogen and oxygen atoms in total. The quantitative estimate of drug-likeness (QED) is 0.912. The zero-order valence-corrected chi connectivity index (χ0v) is 12.3. The summed E-state index contributed by atoms with van der Waals surface area (Å²) in [7, 11) is 0. The van der Waals surface area contributed by atoms with E-state index in [1.807, 2.05) is 0 Å². The molecule has 0 amide bonds. The smallest absolute Gasteiger partial charge is 0.244 e. The maximum absolute atomic E-state index is 5.44. The molecule has 0 saturated heterocycles. The molecule has 1 aromatic heterocycles. The Morgan fingerprint density at radius 2 is 2.00 bits per heavy atom. The maximum atomic E-state index is 5.44. The summed E-state index contributed by atoms with van der Waals surface area (Å²) < 4.78 is 5.44. The van der Waals surface area contributed by atoms with Gasteiger partial charge in [0.2, 0.25) is 5.89 Å². The summed E-state index contributed by atoms with van der Waals surface area (Å²) in [5.41, 5.74) is 2.90. The Morgan fingerprint density at radius 1 is 1.25 bits per heavy atom. The molecular formula is C16H21N3O. The molecule has 1 aliphatic rings. The summed E-state index contributed by atoms with van der Waals surface area (Å²) in [6, 6.07) is 8.63. The van der Waals surface area contributed by atoms with E-state index in [0.717, 1.165) is 25.2 Å². The zero-order chi connectivity index (χ0) is 14.2. The molecule has 0 unspecified atom stereocenters. The maximum Gasteiger partial charge on any atom is 0.244 e. The van der Waals surface area contributed by atoms with Crippen LogP contribution in [-0.2, 0) is 19.4 Å². The van der Waals surface area contributed by atoms with E-state index in [9.17, 15) is 0 Å². The van der Waals surface area contributed by atoms with Crippen LogP contribution >= 0.6 is 0 Å². The summed E-state index contributed by atoms with van der Waals surface area (Å²) in [5, 5.41) is 7.58. The number of hydrogen-bond acceptors (Lipinski definition) is 4. The minimum Gasteiger partial charge on any atom is -0.338 e. The van der Waals surface area contributed by atoms with Crippen molar-refractivity contribution in [3.63, 3.8) is 0 Å². The van der Waals surface area contributed by atoms with Gasteiger partial charge in [-0.2, -0.15) is 4.98 Å². The van der Waals surface area contributed by atoms with Gasteiger partial charge in [0.1, 0.15) is 0 Å². The van der Waals surface area contributed by atoms with Crippen molar-refractivity contribution < 1.29 is 4.52 Å². The molecular weight excluding hydrogens is 250 g/mol. The summed E-state index contributed by atoms with van der Waals surface area (Å²) in [4.78, 5) is 4.55. The van der Waals surface area contributed by atoms with Crippen molar-refractivity contribution >= 4 is 0 Å². The van der Waals surface area contributed by atoms with Crippen molar-refractivity contribution in [1.82, 2.24) is 15.5 Å². The van der Waals surface area contributed by atoms with E-state index in [1.165, 1.54) is 11.1 Å². The summed E-state index contributed by atoms with van der Waals surface area (Å²) in [6.07, 6.45) is 1.74. The molecule has 2 heterocycles. The predicted molar refractivity (Wildman–Crippen MR) is 77.2 cm³/mol. The Balaban J connectivity index is 1.75. The average molecular weight is 271 g/mol. The fourth-order valence-corrected chi connectivity index (χ4v) is 2.58. The molecule has 0 radical (unpaired) electrons. The summed E-state index contributed by atoms with van der Waals surface area (Å²) in [6.45, 7) is 7.40. The van der Waals surface area contributed by atoms with Crippen LogP contribution in [0.2, 0.25) is 0 Å². The van der Waals surface area contributed by atoms with E-state index >= 15 is 0 Å². The molecule has 0 saturated carbocycles. The minimum atomic E-state index is 0.131. The van der Waals surface area contributed by atoms with Crippen molar-refractivity contribution in [3.8, 4) is 0 Å². The van der Waals surface area contributed by atoms with Gasteiger partial charge >= 0.3 is 0 Å². The van der Waals surface area contributed by atoms with Crippen molar-refractivity contribution in [1.29, 1.82) is 0 Å². The van der Waals surface area contributed by atoms with Gasteiger partial charge in [0, 0.05) is 13.0 Å². The first-order chi connectivity index (χ1) is 9.51. The van der Waals surface area contributed by atoms with E-state index in [4.69, 9.17) is 4.52 Å². The molecule has 0 fully saturated rings. The molecule has 0 aliphatic carbocycles. The lowest BCUT2D eigenvalue weighted by atomic mass is 9.92. The van der Waals surface area contributed by atoms with Crippen LogP contribution in [0, 0.1) is 5.41 Å². The Bertz CT molecular complexity index is 598. The van der Waals surface area contributed by atoms with Gasteiger partial charge in [0.15, 0.2) is 5.82 Å². The first-order valence-electron chi connectivity index (χ1n) is 7.14. The fraction of sp³-hybridized carbons (Fsp3) is 0.500. The highest BCUT2D eigenvalue weighted by atomic mass is 16.5. The molecule has 20 heavy (non-hydrogen) atoms. The Kier molecular flexibility index (Phi) is 3.34. The minimum absolute atomic E-state index is 0.131. The molecule has 1 atom stereocenters. The molecule has 1 aliphatic heterocycles. The van der Waals surface area contributed by atoms with Crippen LogP contribution in [0.5, 0.6) is 0 Å². The molecule has 4 heteroatoms. The van der Waals surface area contributed by atoms with E-state index in [-0.39, 0.29) is 11.5 Å². The number of rotatable bonds is 2. The molecule has 106 valence electrons. The third-order valence-corrected chi connectivity index (χ3v) is 3.55. The normalized spacial score (nSPS) is 18.9. The molecule has 0 bridgehead atoms. The van der Waals surface area contributed by atoms with Crippen LogP contribution < -0.4 is 5.32 Å². The van der Waals surface area contributed by atoms with Crippen molar-refractivity contribution in [2.45, 2.75) is 46.2 Å². The molecule has 1 N–H and O–H groups in total. The first kappa shape index (κ1) is 13.3. The van der Waals surface area contributed by atoms with Gasteiger partial charge in [-0.15, -0.1) is 0 Å². The third-order valence-electron chi connectivity index (χ3n) is 3.55. The second-order valence-corrected chi connectivity index (χ2v) is 6.69. The van der Waals surface area contributed by atoms with Gasteiger partial charge in [0.25, 0.3) is 0 Å². The number of nitrogens with one attached hydrogen (secondary N) is 1. The number of aromatic nitrogens is 2. The fourth-order valence-electron chi connectivity index (χ4n) is 2.58. The predicted octanol–water partition coefficient (Wildman–Crippen LogP) is 3.05. The van der Waals surface area contributed by atoms with E-state index < -0.39 is 0 Å². The Labute approximate surface area is 119 Å². The van der Waals surface area contributed by atoms with E-state index in [2.05, 4.69) is 60.5 Å². The van der Waals surface area contributed by atoms with Crippen LogP contribution in [0.1, 0.15) is 49.7 Å². The summed E-state index contributed by atoms with van der Waals surface area (Å²) in [5.74, 6) is 1.51. The Hall–Kier alpha value is -1.68. The molecule has 1 aromatic carbocycles. The van der Waals surface area contributed by atoms with Crippen LogP contribution in [-0.4, -0.2) is 10.1 Å². The van der Waals surface area contributed by atoms with Crippen LogP contribution in [0.15, 0.2) is 28.8 Å². The Morgan fingerprint density at radius 3 is 2.75 bits per heavy atom. The van der Waals surface area contributed by atoms with E-state index in [1.54, 1.807) is 0 Å². The number of fused-ring (bicyclic) bond motifs is 1. The SMILES string of the molecule is CC(C)(C)Cc1noc([C@@H]2Cc3ccccc3CN2)n1. The lowest BCUT2D eigenvalue weighted by Gasteiger charge is -2.23. The standard InChI is InChI=1S/C16H21N3O/c1-16(2,3)9-14-18-15(20-19-14)13-8-11-6-4-5-7-12(11)10-17-13/h4-7,13,17H,8-10H2,1-3H3/t13-/m0/s1. The van der Waals surface area contributed by atoms with Crippen molar-refractivity contribution in [3.05, 3.63) is 47.1 Å². The van der Waals surface area contributed by atoms with Crippen LogP contribution in [0.3, 0.4) is 0 Å². The highest BCUT2D eigenvalue weighted by Crippen LogP contribution is 2.26. The number of nitrogens with zero attached hydrogens (tertiary/aromatic N) is 2. The highest BCUT2D eigenvalue weighted by molar-refractivity contribution is 5.30. The van der Waals surface area contributed by atoms with Gasteiger partial charge in [-0.3, -0.25) is 0 Å². The van der Waals surface area contributed by atoms with Gasteiger partial charge in [-0.05, 0) is 23.0 Å². The van der Waals surface area contributed by atoms with Gasteiger partial charge in [-0.1, -0.05) is 50.2 Å². The number of benzene rings is 1. The number of hydrogen-bond donors (Lipinski definition) is 1. The zero-order valence-electron chi connectivity index (χ0n) is 12.3. The molecule has 3 rings (SSSR count). The first-order valence-corrected chi connectivity index (χ1v) is 7.14. The second kappa shape index (κ2) is 5.02. The van der Waals surface area contributed by atoms with E-state index in [0.29, 0.717) is 5.89 Å². The van der Waals surface area contributed by atoms with Crippen LogP contribution in [0.25, 0.3) is 0 Å². The van der Waals surface area contributed by atoms with Gasteiger partial charge in [0.05, 0.1) is 6.04 Å². The lowest BCUT2D eigenvalue weighted by molar-refractivity contribution is 0.314. The lowest BCUT2D eigenvalue weighted by Crippen LogP contribution is -2.28. The monoisotopic (exact) mass is 271 g/mol. The second-order valence-electron chi connectivity index (χ2n) is 6.69. The van der Waals surface area contributed by atoms with Crippen molar-refractivity contribution in [2.24, 2.45) is 5.41 Å². The van der Waals surface area contributed by atoms with Gasteiger partial charge in [-0.25, -0.2) is 0 Å². The average Bonchev–Trinajstić information content (AvgIpc) is 2.84. The third kappa shape index (κ3) is 2.90. The highest BCUT2D eigenvalue weighted by Gasteiger charge is 2.25. The van der Waals surface area contributed by atoms with Crippen molar-refractivity contribution in [2.75, 3.05) is 0 Å². The molecule has 2 aromatic rings. The topological polar surface area (TPSA) is 51.0 Å². The molecule has 0 spiro atoms. The summed E-state index contributed by atoms with van der Waals surface area (Å²) >= 11 is 0.